The van der Waals surface area contributed by atoms with E-state index in [0.29, 0.717) is 5.57 Å². The second kappa shape index (κ2) is 10.2. The first-order valence-corrected chi connectivity index (χ1v) is 14.5. The second-order valence-electron chi connectivity index (χ2n) is 9.18. The maximum Gasteiger partial charge on any atom is 0.236 e. The first kappa shape index (κ1) is 27.0. The molecule has 1 fully saturated rings. The van der Waals surface area contributed by atoms with Gasteiger partial charge < -0.3 is 19.0 Å². The zero-order valence-electron chi connectivity index (χ0n) is 21.2. The van der Waals surface area contributed by atoms with E-state index in [-0.39, 0.29) is 5.78 Å². The number of fused-ring (bicyclic) bond motifs is 1. The summed E-state index contributed by atoms with van der Waals surface area (Å²) in [6.45, 7) is 9.96. The molecule has 6 atom stereocenters. The van der Waals surface area contributed by atoms with Crippen molar-refractivity contribution in [2.45, 2.75) is 87.8 Å². The van der Waals surface area contributed by atoms with Gasteiger partial charge in [-0.05, 0) is 62.4 Å². The molecule has 0 radical (unpaired) electrons. The van der Waals surface area contributed by atoms with E-state index in [0.717, 1.165) is 18.1 Å². The summed E-state index contributed by atoms with van der Waals surface area (Å²) in [7, 11) is -0.669. The van der Waals surface area contributed by atoms with Crippen LogP contribution in [0.4, 0.5) is 0 Å². The van der Waals surface area contributed by atoms with E-state index >= 15 is 0 Å². The molecule has 2 aliphatic carbocycles. The molecule has 0 aromatic heterocycles. The quantitative estimate of drug-likeness (QED) is 0.174. The molecule has 1 unspecified atom stereocenters. The van der Waals surface area contributed by atoms with Crippen LogP contribution in [0.2, 0.25) is 18.1 Å². The number of carbonyl (C=O) groups excluding carboxylic acids is 2. The number of isocyanates is 1. The molecule has 1 saturated heterocycles. The van der Waals surface area contributed by atoms with E-state index < -0.39 is 43.4 Å². The normalized spacial score (nSPS) is 35.2. The van der Waals surface area contributed by atoms with Gasteiger partial charge in [-0.1, -0.05) is 44.5 Å². The minimum absolute atomic E-state index is 0.278. The Labute approximate surface area is 208 Å². The Kier molecular flexibility index (Phi) is 7.88. The number of methoxy groups -OCH3 is 1. The van der Waals surface area contributed by atoms with Crippen molar-refractivity contribution in [3.8, 4) is 23.7 Å². The predicted molar refractivity (Wildman–Crippen MR) is 135 cm³/mol. The van der Waals surface area contributed by atoms with Gasteiger partial charge in [0.25, 0.3) is 0 Å². The maximum absolute atomic E-state index is 12.6. The molecule has 0 spiro atoms. The summed E-state index contributed by atoms with van der Waals surface area (Å²) in [6, 6.07) is 1.61. The molecule has 7 nitrogen and oxygen atoms in total. The Morgan fingerprint density at radius 3 is 2.43 bits per heavy atom. The number of rotatable bonds is 9. The maximum atomic E-state index is 12.6. The van der Waals surface area contributed by atoms with Crippen molar-refractivity contribution in [1.29, 1.82) is 0 Å². The fourth-order valence-electron chi connectivity index (χ4n) is 5.30. The lowest BCUT2D eigenvalue weighted by molar-refractivity contribution is -0.111. The van der Waals surface area contributed by atoms with E-state index in [1.165, 1.54) is 31.4 Å². The average molecular weight is 496 g/mol. The number of carbonyl (C=O) groups is 1. The van der Waals surface area contributed by atoms with Crippen molar-refractivity contribution in [1.82, 2.24) is 0 Å². The summed E-state index contributed by atoms with van der Waals surface area (Å²) in [5, 5.41) is 11.5. The lowest BCUT2D eigenvalue weighted by Gasteiger charge is -2.40. The highest BCUT2D eigenvalue weighted by molar-refractivity contribution is 6.73. The number of hydrogen-bond acceptors (Lipinski definition) is 7. The molecule has 186 valence electrons. The third-order valence-corrected chi connectivity index (χ3v) is 12.4. The van der Waals surface area contributed by atoms with Crippen LogP contribution in [0.5, 0.6) is 0 Å². The molecule has 0 bridgehead atoms. The van der Waals surface area contributed by atoms with Crippen LogP contribution in [0.3, 0.4) is 0 Å². The van der Waals surface area contributed by atoms with Crippen LogP contribution in [-0.4, -0.2) is 67.4 Å². The minimum Gasteiger partial charge on any atom is -0.411 e. The van der Waals surface area contributed by atoms with Crippen LogP contribution in [0, 0.1) is 23.7 Å². The Morgan fingerprint density at radius 1 is 1.23 bits per heavy atom. The first-order chi connectivity index (χ1) is 16.6. The SMILES string of the molecule is CC[Si](CC)(CC)O[C@H](C)[C@@]12O[C@@]1(C1=CC(=O)C=C[C@]1(C)OC)C(O)C#C/C=C\C#C[C@@H]2N=C=O. The van der Waals surface area contributed by atoms with Gasteiger partial charge in [0.15, 0.2) is 37.4 Å². The van der Waals surface area contributed by atoms with Crippen LogP contribution in [0.25, 0.3) is 0 Å². The highest BCUT2D eigenvalue weighted by Crippen LogP contribution is 2.63. The highest BCUT2D eigenvalue weighted by atomic mass is 28.4. The van der Waals surface area contributed by atoms with Gasteiger partial charge in [-0.15, -0.1) is 0 Å². The van der Waals surface area contributed by atoms with Crippen LogP contribution in [-0.2, 0) is 23.5 Å². The van der Waals surface area contributed by atoms with Crippen molar-refractivity contribution in [2.24, 2.45) is 4.99 Å². The van der Waals surface area contributed by atoms with E-state index in [4.69, 9.17) is 13.9 Å². The third kappa shape index (κ3) is 4.32. The number of ketones is 1. The fourth-order valence-corrected chi connectivity index (χ4v) is 8.22. The van der Waals surface area contributed by atoms with Gasteiger partial charge in [0.05, 0.1) is 6.10 Å². The lowest BCUT2D eigenvalue weighted by atomic mass is 9.69. The number of allylic oxidation sites excluding steroid dienone is 4. The summed E-state index contributed by atoms with van der Waals surface area (Å²) >= 11 is 0. The third-order valence-electron chi connectivity index (χ3n) is 7.71. The zero-order chi connectivity index (χ0) is 25.9. The molecule has 0 amide bonds. The zero-order valence-corrected chi connectivity index (χ0v) is 22.2. The van der Waals surface area contributed by atoms with Gasteiger partial charge in [0.2, 0.25) is 6.08 Å². The van der Waals surface area contributed by atoms with Crippen LogP contribution < -0.4 is 0 Å². The lowest BCUT2D eigenvalue weighted by Crippen LogP contribution is -2.57. The topological polar surface area (TPSA) is 97.7 Å². The van der Waals surface area contributed by atoms with Crippen LogP contribution >= 0.6 is 0 Å². The molecule has 0 saturated carbocycles. The standard InChI is InChI=1S/C27H33NO6Si/c1-7-35(8-2,9-3)33-20(4)26-23(28-19-29)14-12-10-11-13-15-24(31)27(26,34-26)22-18-21(30)16-17-25(22,5)32-6/h10-11,16-18,20,23-24,31H,7-9H2,1-6H3/b11-10-/t20-,23+,24?,25+,26+,27+/m1/s1. The van der Waals surface area contributed by atoms with Gasteiger partial charge >= 0.3 is 0 Å². The molecule has 3 rings (SSSR count). The summed E-state index contributed by atoms with van der Waals surface area (Å²) < 4.78 is 19.2. The monoisotopic (exact) mass is 495 g/mol. The van der Waals surface area contributed by atoms with Crippen molar-refractivity contribution in [3.05, 3.63) is 36.0 Å². The number of ether oxygens (including phenoxy) is 2. The number of aliphatic imine (C=N–C) groups is 1. The Morgan fingerprint density at radius 2 is 1.86 bits per heavy atom. The van der Waals surface area contributed by atoms with E-state index in [2.05, 4.69) is 49.4 Å². The van der Waals surface area contributed by atoms with E-state index in [1.54, 1.807) is 19.1 Å². The van der Waals surface area contributed by atoms with Gasteiger partial charge in [0.1, 0.15) is 5.60 Å². The van der Waals surface area contributed by atoms with Crippen LogP contribution in [0.1, 0.15) is 34.6 Å². The van der Waals surface area contributed by atoms with Gasteiger partial charge in [0, 0.05) is 12.7 Å². The molecule has 0 aromatic rings. The first-order valence-electron chi connectivity index (χ1n) is 12.0. The number of nitrogens with zero attached hydrogens (tertiary/aromatic N) is 1. The van der Waals surface area contributed by atoms with Crippen LogP contribution in [0.15, 0.2) is 40.9 Å². The molecule has 35 heavy (non-hydrogen) atoms. The van der Waals surface area contributed by atoms with Gasteiger partial charge in [-0.25, -0.2) is 4.79 Å². The molecular formula is C27H33NO6Si. The number of epoxide rings is 1. The largest absolute Gasteiger partial charge is 0.411 e. The number of aliphatic hydroxyl groups excluding tert-OH is 1. The molecule has 1 N–H and O–H groups in total. The fraction of sp³-hybridized carbons (Fsp3) is 0.556. The summed E-state index contributed by atoms with van der Waals surface area (Å²) in [5.74, 6) is 11.2. The highest BCUT2D eigenvalue weighted by Gasteiger charge is 2.82. The van der Waals surface area contributed by atoms with Crippen molar-refractivity contribution < 1.29 is 28.6 Å². The average Bonchev–Trinajstić information content (AvgIpc) is 3.57. The summed E-state index contributed by atoms with van der Waals surface area (Å²) in [6.07, 6.45) is 7.06. The predicted octanol–water partition coefficient (Wildman–Crippen LogP) is 3.02. The van der Waals surface area contributed by atoms with E-state index in [9.17, 15) is 14.7 Å². The molecule has 1 aliphatic heterocycles. The number of hydrogen-bond donors (Lipinski definition) is 1. The smallest absolute Gasteiger partial charge is 0.236 e. The second-order valence-corrected chi connectivity index (χ2v) is 13.9. The molecular weight excluding hydrogens is 462 g/mol. The Bertz CT molecular complexity index is 1120. The van der Waals surface area contributed by atoms with Crippen molar-refractivity contribution >= 4 is 20.2 Å². The van der Waals surface area contributed by atoms with Gasteiger partial charge in [-0.3, -0.25) is 4.79 Å². The number of aliphatic hydroxyl groups is 1. The molecule has 8 heteroatoms. The van der Waals surface area contributed by atoms with Crippen molar-refractivity contribution in [3.63, 3.8) is 0 Å². The molecule has 0 aromatic carbocycles. The van der Waals surface area contributed by atoms with E-state index in [1.807, 2.05) is 6.92 Å². The summed E-state index contributed by atoms with van der Waals surface area (Å²) in [4.78, 5) is 28.1. The minimum atomic E-state index is -2.18. The van der Waals surface area contributed by atoms with Crippen molar-refractivity contribution in [2.75, 3.05) is 7.11 Å². The Hall–Kier alpha value is -2.55. The summed E-state index contributed by atoms with van der Waals surface area (Å²) in [5.41, 5.74) is -3.68. The Balaban J connectivity index is 2.32. The molecule has 1 heterocycles. The molecule has 3 aliphatic rings. The van der Waals surface area contributed by atoms with Gasteiger partial charge in [-0.2, -0.15) is 4.99 Å².